The first-order valence-electron chi connectivity index (χ1n) is 8.08. The Hall–Kier alpha value is -1.22. The summed E-state index contributed by atoms with van der Waals surface area (Å²) in [6.07, 6.45) is 1.09. The zero-order valence-corrected chi connectivity index (χ0v) is 18.7. The number of carbonyl (C=O) groups excluding carboxylic acids is 1. The summed E-state index contributed by atoms with van der Waals surface area (Å²) in [6, 6.07) is 14.4. The Morgan fingerprint density at radius 2 is 1.93 bits per heavy atom. The Labute approximate surface area is 177 Å². The molecule has 0 unspecified atom stereocenters. The SMILES string of the molecule is CS(=O)(=O)N(CC(=O)NCCSCc1cccc(Cl)c1)c1ccc(Br)cc1. The Balaban J connectivity index is 1.81. The van der Waals surface area contributed by atoms with Crippen LogP contribution in [0.2, 0.25) is 5.02 Å². The predicted octanol–water partition coefficient (Wildman–Crippen LogP) is 3.92. The zero-order chi connectivity index (χ0) is 19.9. The highest BCUT2D eigenvalue weighted by Crippen LogP contribution is 2.20. The van der Waals surface area contributed by atoms with Crippen LogP contribution in [0.15, 0.2) is 53.0 Å². The van der Waals surface area contributed by atoms with Gasteiger partial charge in [0, 0.05) is 27.5 Å². The highest BCUT2D eigenvalue weighted by molar-refractivity contribution is 9.10. The molecule has 0 aliphatic heterocycles. The summed E-state index contributed by atoms with van der Waals surface area (Å²) in [5.74, 6) is 1.17. The lowest BCUT2D eigenvalue weighted by Gasteiger charge is -2.22. The topological polar surface area (TPSA) is 66.5 Å². The molecule has 0 atom stereocenters. The molecule has 0 aliphatic carbocycles. The van der Waals surface area contributed by atoms with Crippen molar-refractivity contribution in [2.75, 3.05) is 29.4 Å². The quantitative estimate of drug-likeness (QED) is 0.540. The first-order chi connectivity index (χ1) is 12.8. The molecular weight excluding hydrogens is 472 g/mol. The molecule has 0 saturated heterocycles. The summed E-state index contributed by atoms with van der Waals surface area (Å²) in [6.45, 7) is 0.210. The number of sulfonamides is 1. The molecule has 0 fully saturated rings. The van der Waals surface area contributed by atoms with Gasteiger partial charge in [0.25, 0.3) is 0 Å². The number of anilines is 1. The Morgan fingerprint density at radius 3 is 2.56 bits per heavy atom. The minimum atomic E-state index is -3.56. The van der Waals surface area contributed by atoms with E-state index < -0.39 is 10.0 Å². The molecule has 0 spiro atoms. The number of rotatable bonds is 9. The van der Waals surface area contributed by atoms with Gasteiger partial charge >= 0.3 is 0 Å². The second-order valence-electron chi connectivity index (χ2n) is 5.78. The van der Waals surface area contributed by atoms with Gasteiger partial charge in [0.15, 0.2) is 0 Å². The van der Waals surface area contributed by atoms with Crippen LogP contribution in [-0.4, -0.2) is 39.4 Å². The summed E-state index contributed by atoms with van der Waals surface area (Å²) in [7, 11) is -3.56. The van der Waals surface area contributed by atoms with Crippen molar-refractivity contribution < 1.29 is 13.2 Å². The minimum absolute atomic E-state index is 0.251. The minimum Gasteiger partial charge on any atom is -0.354 e. The largest absolute Gasteiger partial charge is 0.354 e. The number of thioether (sulfide) groups is 1. The Bertz CT molecular complexity index is 876. The molecule has 2 aromatic carbocycles. The van der Waals surface area contributed by atoms with Gasteiger partial charge in [-0.2, -0.15) is 11.8 Å². The van der Waals surface area contributed by atoms with E-state index in [1.807, 2.05) is 24.3 Å². The monoisotopic (exact) mass is 490 g/mol. The third kappa shape index (κ3) is 7.73. The van der Waals surface area contributed by atoms with Crippen LogP contribution in [0.3, 0.4) is 0 Å². The third-order valence-electron chi connectivity index (χ3n) is 3.53. The molecule has 0 aliphatic rings. The van der Waals surface area contributed by atoms with Gasteiger partial charge in [-0.05, 0) is 42.0 Å². The van der Waals surface area contributed by atoms with Gasteiger partial charge in [-0.1, -0.05) is 39.7 Å². The fourth-order valence-electron chi connectivity index (χ4n) is 2.27. The van der Waals surface area contributed by atoms with Crippen molar-refractivity contribution in [1.82, 2.24) is 5.32 Å². The summed E-state index contributed by atoms with van der Waals surface area (Å²) in [5.41, 5.74) is 1.57. The first-order valence-corrected chi connectivity index (χ1v) is 12.3. The molecule has 0 saturated carbocycles. The molecule has 27 heavy (non-hydrogen) atoms. The fourth-order valence-corrected chi connectivity index (χ4v) is 4.41. The number of hydrogen-bond donors (Lipinski definition) is 1. The number of nitrogens with zero attached hydrogens (tertiary/aromatic N) is 1. The van der Waals surface area contributed by atoms with Crippen LogP contribution in [0.4, 0.5) is 5.69 Å². The van der Waals surface area contributed by atoms with Crippen LogP contribution in [0.25, 0.3) is 0 Å². The fraction of sp³-hybridized carbons (Fsp3) is 0.278. The maximum absolute atomic E-state index is 12.2. The van der Waals surface area contributed by atoms with Gasteiger partial charge in [-0.25, -0.2) is 8.42 Å². The average Bonchev–Trinajstić information content (AvgIpc) is 2.59. The molecule has 1 N–H and O–H groups in total. The smallest absolute Gasteiger partial charge is 0.240 e. The normalized spacial score (nSPS) is 11.2. The molecule has 9 heteroatoms. The zero-order valence-electron chi connectivity index (χ0n) is 14.7. The lowest BCUT2D eigenvalue weighted by molar-refractivity contribution is -0.119. The number of amides is 1. The van der Waals surface area contributed by atoms with Crippen molar-refractivity contribution in [3.05, 3.63) is 63.6 Å². The van der Waals surface area contributed by atoms with Gasteiger partial charge in [0.05, 0.1) is 11.9 Å². The van der Waals surface area contributed by atoms with Crippen LogP contribution in [0.5, 0.6) is 0 Å². The number of benzene rings is 2. The highest BCUT2D eigenvalue weighted by Gasteiger charge is 2.20. The Morgan fingerprint density at radius 1 is 1.22 bits per heavy atom. The van der Waals surface area contributed by atoms with E-state index in [2.05, 4.69) is 21.2 Å². The Kier molecular flexibility index (Phi) is 8.47. The third-order valence-corrected chi connectivity index (χ3v) is 6.46. The molecule has 0 radical (unpaired) electrons. The van der Waals surface area contributed by atoms with E-state index >= 15 is 0 Å². The van der Waals surface area contributed by atoms with Gasteiger partial charge in [0.2, 0.25) is 15.9 Å². The van der Waals surface area contributed by atoms with Gasteiger partial charge in [-0.15, -0.1) is 0 Å². The summed E-state index contributed by atoms with van der Waals surface area (Å²) in [4.78, 5) is 12.2. The standard InChI is InChI=1S/C18H20BrClN2O3S2/c1-27(24,25)22(17-7-5-15(19)6-8-17)12-18(23)21-9-10-26-13-14-3-2-4-16(20)11-14/h2-8,11H,9-10,12-13H2,1H3,(H,21,23). The molecule has 5 nitrogen and oxygen atoms in total. The average molecular weight is 492 g/mol. The van der Waals surface area contributed by atoms with E-state index in [1.54, 1.807) is 36.0 Å². The molecule has 2 aromatic rings. The molecule has 0 bridgehead atoms. The number of halogens is 2. The molecule has 146 valence electrons. The molecule has 2 rings (SSSR count). The predicted molar refractivity (Wildman–Crippen MR) is 117 cm³/mol. The number of carbonyl (C=O) groups is 1. The van der Waals surface area contributed by atoms with E-state index in [1.165, 1.54) is 0 Å². The number of hydrogen-bond acceptors (Lipinski definition) is 4. The van der Waals surface area contributed by atoms with Crippen LogP contribution >= 0.6 is 39.3 Å². The lowest BCUT2D eigenvalue weighted by Crippen LogP contribution is -2.41. The van der Waals surface area contributed by atoms with Crippen molar-refractivity contribution in [2.24, 2.45) is 0 Å². The first kappa shape index (κ1) is 22.1. The van der Waals surface area contributed by atoms with E-state index in [9.17, 15) is 13.2 Å². The number of nitrogens with one attached hydrogen (secondary N) is 1. The van der Waals surface area contributed by atoms with Gasteiger partial charge in [0.1, 0.15) is 6.54 Å². The molecule has 0 aromatic heterocycles. The van der Waals surface area contributed by atoms with Crippen molar-refractivity contribution in [3.8, 4) is 0 Å². The maximum atomic E-state index is 12.2. The van der Waals surface area contributed by atoms with E-state index in [0.29, 0.717) is 17.3 Å². The van der Waals surface area contributed by atoms with Crippen LogP contribution < -0.4 is 9.62 Å². The van der Waals surface area contributed by atoms with Crippen molar-refractivity contribution in [3.63, 3.8) is 0 Å². The molecule has 1 amide bonds. The lowest BCUT2D eigenvalue weighted by atomic mass is 10.2. The summed E-state index contributed by atoms with van der Waals surface area (Å²) < 4.78 is 26.0. The van der Waals surface area contributed by atoms with Crippen molar-refractivity contribution >= 4 is 60.9 Å². The van der Waals surface area contributed by atoms with E-state index in [-0.39, 0.29) is 12.5 Å². The van der Waals surface area contributed by atoms with Crippen LogP contribution in [-0.2, 0) is 20.6 Å². The van der Waals surface area contributed by atoms with Crippen LogP contribution in [0.1, 0.15) is 5.56 Å². The van der Waals surface area contributed by atoms with E-state index in [4.69, 9.17) is 11.6 Å². The summed E-state index contributed by atoms with van der Waals surface area (Å²) in [5, 5.41) is 3.47. The highest BCUT2D eigenvalue weighted by atomic mass is 79.9. The second kappa shape index (κ2) is 10.4. The maximum Gasteiger partial charge on any atom is 0.240 e. The van der Waals surface area contributed by atoms with Crippen LogP contribution in [0, 0.1) is 0 Å². The second-order valence-corrected chi connectivity index (χ2v) is 10.1. The molecule has 0 heterocycles. The van der Waals surface area contributed by atoms with Gasteiger partial charge < -0.3 is 5.32 Å². The van der Waals surface area contributed by atoms with Gasteiger partial charge in [-0.3, -0.25) is 9.10 Å². The molecular formula is C18H20BrClN2O3S2. The van der Waals surface area contributed by atoms with E-state index in [0.717, 1.165) is 32.1 Å². The van der Waals surface area contributed by atoms with Crippen molar-refractivity contribution in [2.45, 2.75) is 5.75 Å². The van der Waals surface area contributed by atoms with Crippen molar-refractivity contribution in [1.29, 1.82) is 0 Å². The summed E-state index contributed by atoms with van der Waals surface area (Å²) >= 11 is 10.9.